The fraction of sp³-hybridized carbons (Fsp3) is 0.214. The second-order valence-corrected chi connectivity index (χ2v) is 5.22. The number of nitrogens with two attached hydrogens (primary N) is 1. The van der Waals surface area contributed by atoms with Gasteiger partial charge in [-0.05, 0) is 36.0 Å². The minimum atomic E-state index is -0.863. The zero-order chi connectivity index (χ0) is 14.1. The molecule has 0 spiro atoms. The van der Waals surface area contributed by atoms with E-state index in [4.69, 9.17) is 22.4 Å². The first-order chi connectivity index (χ1) is 9.13. The first-order valence-electron chi connectivity index (χ1n) is 5.81. The van der Waals surface area contributed by atoms with Gasteiger partial charge in [0.25, 0.3) is 0 Å². The average molecular weight is 334 g/mol. The molecule has 0 bridgehead atoms. The highest BCUT2D eigenvalue weighted by atomic mass is 35.5. The molecule has 0 unspecified atom stereocenters. The van der Waals surface area contributed by atoms with Crippen LogP contribution in [-0.4, -0.2) is 17.6 Å². The van der Waals surface area contributed by atoms with Crippen molar-refractivity contribution in [3.8, 4) is 0 Å². The van der Waals surface area contributed by atoms with E-state index in [0.29, 0.717) is 10.6 Å². The van der Waals surface area contributed by atoms with E-state index in [1.54, 1.807) is 35.6 Å². The smallest absolute Gasteiger partial charge is 0.307 e. The highest BCUT2D eigenvalue weighted by Gasteiger charge is 2.02. The van der Waals surface area contributed by atoms with Gasteiger partial charge in [-0.1, -0.05) is 35.9 Å². The minimum absolute atomic E-state index is 0. The molecule has 0 aliphatic rings. The Kier molecular flexibility index (Phi) is 10.1. The lowest BCUT2D eigenvalue weighted by Gasteiger charge is -1.97. The molecule has 3 nitrogen and oxygen atoms in total. The third-order valence-corrected chi connectivity index (χ3v) is 3.58. The van der Waals surface area contributed by atoms with Crippen LogP contribution in [0.3, 0.4) is 0 Å². The molecule has 0 amide bonds. The first-order valence-corrected chi connectivity index (χ1v) is 7.07. The van der Waals surface area contributed by atoms with Crippen molar-refractivity contribution in [2.45, 2.75) is 12.8 Å². The Morgan fingerprint density at radius 1 is 1.25 bits per heavy atom. The number of carbonyl (C=O) groups is 1. The molecule has 1 aromatic carbocycles. The Balaban J connectivity index is 0.000000359. The van der Waals surface area contributed by atoms with E-state index in [-0.39, 0.29) is 18.8 Å². The Morgan fingerprint density at radius 3 is 2.45 bits per heavy atom. The minimum Gasteiger partial charge on any atom is -0.481 e. The lowest BCUT2D eigenvalue weighted by Crippen LogP contribution is -2.00. The van der Waals surface area contributed by atoms with Gasteiger partial charge < -0.3 is 10.8 Å². The number of hydrogen-bond donors (Lipinski definition) is 2. The maximum Gasteiger partial charge on any atom is 0.307 e. The van der Waals surface area contributed by atoms with E-state index in [0.717, 1.165) is 13.0 Å². The van der Waals surface area contributed by atoms with Gasteiger partial charge in [0.1, 0.15) is 0 Å². The highest BCUT2D eigenvalue weighted by molar-refractivity contribution is 7.09. The van der Waals surface area contributed by atoms with Crippen molar-refractivity contribution >= 4 is 41.3 Å². The van der Waals surface area contributed by atoms with E-state index in [2.05, 4.69) is 17.5 Å². The van der Waals surface area contributed by atoms with Crippen LogP contribution in [-0.2, 0) is 17.6 Å². The van der Waals surface area contributed by atoms with Gasteiger partial charge in [0.15, 0.2) is 0 Å². The first kappa shape index (κ1) is 18.9. The van der Waals surface area contributed by atoms with E-state index < -0.39 is 5.97 Å². The van der Waals surface area contributed by atoms with Gasteiger partial charge in [-0.3, -0.25) is 4.79 Å². The molecule has 0 radical (unpaired) electrons. The Bertz CT molecular complexity index is 504. The van der Waals surface area contributed by atoms with Gasteiger partial charge in [-0.2, -0.15) is 0 Å². The second-order valence-electron chi connectivity index (χ2n) is 3.78. The molecule has 3 N–H and O–H groups in total. The number of carboxylic acids is 1. The number of hydrogen-bond acceptors (Lipinski definition) is 3. The molecular formula is C14H17Cl2NO2S. The van der Waals surface area contributed by atoms with E-state index in [1.807, 2.05) is 0 Å². The number of thiophene rings is 1. The van der Waals surface area contributed by atoms with Gasteiger partial charge in [-0.15, -0.1) is 23.7 Å². The molecule has 2 rings (SSSR count). The molecule has 0 atom stereocenters. The van der Waals surface area contributed by atoms with Gasteiger partial charge >= 0.3 is 5.97 Å². The van der Waals surface area contributed by atoms with Crippen molar-refractivity contribution in [3.63, 3.8) is 0 Å². The van der Waals surface area contributed by atoms with Crippen LogP contribution in [0.25, 0.3) is 0 Å². The molecule has 0 aliphatic carbocycles. The third kappa shape index (κ3) is 7.50. The summed E-state index contributed by atoms with van der Waals surface area (Å²) in [7, 11) is 0. The topological polar surface area (TPSA) is 63.3 Å². The van der Waals surface area contributed by atoms with Gasteiger partial charge in [0.05, 0.1) is 6.42 Å². The zero-order valence-corrected chi connectivity index (χ0v) is 13.2. The molecule has 20 heavy (non-hydrogen) atoms. The largest absolute Gasteiger partial charge is 0.481 e. The number of carboxylic acid groups (broad SMARTS) is 1. The summed E-state index contributed by atoms with van der Waals surface area (Å²) in [5.74, 6) is -0.863. The standard InChI is InChI=1S/C8H7ClO2.C6H9NS.ClH/c9-7-4-2-1-3-6(7)5-8(10)11;7-4-3-6-2-1-5-8-6;/h1-4H,5H2,(H,10,11);1-2,5H,3-4,7H2;1H. The summed E-state index contributed by atoms with van der Waals surface area (Å²) in [6.45, 7) is 0.764. The third-order valence-electron chi connectivity index (χ3n) is 2.27. The van der Waals surface area contributed by atoms with Gasteiger partial charge in [-0.25, -0.2) is 0 Å². The summed E-state index contributed by atoms with van der Waals surface area (Å²) in [5, 5.41) is 11.0. The quantitative estimate of drug-likeness (QED) is 0.897. The molecule has 110 valence electrons. The summed E-state index contributed by atoms with van der Waals surface area (Å²) >= 11 is 7.47. The van der Waals surface area contributed by atoms with Crippen molar-refractivity contribution < 1.29 is 9.90 Å². The fourth-order valence-electron chi connectivity index (χ4n) is 1.40. The molecule has 0 aliphatic heterocycles. The molecule has 6 heteroatoms. The number of benzene rings is 1. The normalized spacial score (nSPS) is 9.10. The van der Waals surface area contributed by atoms with Crippen LogP contribution in [0.4, 0.5) is 0 Å². The van der Waals surface area contributed by atoms with E-state index >= 15 is 0 Å². The Labute approximate surface area is 133 Å². The average Bonchev–Trinajstić information content (AvgIpc) is 2.86. The van der Waals surface area contributed by atoms with Crippen LogP contribution in [0, 0.1) is 0 Å². The SMILES string of the molecule is Cl.NCCc1cccs1.O=C(O)Cc1ccccc1Cl. The summed E-state index contributed by atoms with van der Waals surface area (Å²) in [6.07, 6.45) is 1.01. The van der Waals surface area contributed by atoms with Crippen LogP contribution in [0.15, 0.2) is 41.8 Å². The summed E-state index contributed by atoms with van der Waals surface area (Å²) in [5.41, 5.74) is 5.98. The number of halogens is 2. The van der Waals surface area contributed by atoms with Crippen molar-refractivity contribution in [1.82, 2.24) is 0 Å². The summed E-state index contributed by atoms with van der Waals surface area (Å²) in [4.78, 5) is 11.6. The summed E-state index contributed by atoms with van der Waals surface area (Å²) < 4.78 is 0. The van der Waals surface area contributed by atoms with Crippen LogP contribution in [0.1, 0.15) is 10.4 Å². The second kappa shape index (κ2) is 10.7. The Hall–Kier alpha value is -1.07. The molecular weight excluding hydrogens is 317 g/mol. The number of aliphatic carboxylic acids is 1. The van der Waals surface area contributed by atoms with E-state index in [9.17, 15) is 4.79 Å². The molecule has 1 heterocycles. The molecule has 1 aromatic heterocycles. The van der Waals surface area contributed by atoms with Crippen LogP contribution < -0.4 is 5.73 Å². The maximum atomic E-state index is 10.3. The highest BCUT2D eigenvalue weighted by Crippen LogP contribution is 2.14. The molecule has 0 saturated heterocycles. The predicted molar refractivity (Wildman–Crippen MR) is 87.1 cm³/mol. The van der Waals surface area contributed by atoms with Gasteiger partial charge in [0, 0.05) is 9.90 Å². The monoisotopic (exact) mass is 333 g/mol. The Morgan fingerprint density at radius 2 is 1.95 bits per heavy atom. The van der Waals surface area contributed by atoms with Crippen molar-refractivity contribution in [3.05, 3.63) is 57.2 Å². The van der Waals surface area contributed by atoms with Crippen LogP contribution in [0.2, 0.25) is 5.02 Å². The lowest BCUT2D eigenvalue weighted by molar-refractivity contribution is -0.136. The fourth-order valence-corrected chi connectivity index (χ4v) is 2.33. The summed E-state index contributed by atoms with van der Waals surface area (Å²) in [6, 6.07) is 11.1. The molecule has 0 fully saturated rings. The van der Waals surface area contributed by atoms with E-state index in [1.165, 1.54) is 4.88 Å². The maximum absolute atomic E-state index is 10.3. The zero-order valence-electron chi connectivity index (χ0n) is 10.8. The van der Waals surface area contributed by atoms with Crippen molar-refractivity contribution in [2.75, 3.05) is 6.54 Å². The predicted octanol–water partition coefficient (Wildman–Crippen LogP) is 3.64. The number of rotatable bonds is 4. The van der Waals surface area contributed by atoms with Gasteiger partial charge in [0.2, 0.25) is 0 Å². The van der Waals surface area contributed by atoms with Crippen molar-refractivity contribution in [1.29, 1.82) is 0 Å². The molecule has 0 saturated carbocycles. The van der Waals surface area contributed by atoms with Crippen molar-refractivity contribution in [2.24, 2.45) is 5.73 Å². The van der Waals surface area contributed by atoms with Crippen LogP contribution >= 0.6 is 35.3 Å². The van der Waals surface area contributed by atoms with Crippen LogP contribution in [0.5, 0.6) is 0 Å². The lowest BCUT2D eigenvalue weighted by atomic mass is 10.1. The molecule has 2 aromatic rings.